The number of benzene rings is 1. The van der Waals surface area contributed by atoms with Crippen molar-refractivity contribution in [1.29, 1.82) is 0 Å². The third kappa shape index (κ3) is 0.888. The lowest BCUT2D eigenvalue weighted by atomic mass is 10.2. The molecule has 3 heteroatoms. The van der Waals surface area contributed by atoms with Crippen LogP contribution in [0.2, 0.25) is 0 Å². The number of rotatable bonds is 0. The monoisotopic (exact) mass is 152 g/mol. The lowest BCUT2D eigenvalue weighted by Gasteiger charge is -1.91. The topological polar surface area (TPSA) is 15.8 Å². The summed E-state index contributed by atoms with van der Waals surface area (Å²) in [7, 11) is 0. The van der Waals surface area contributed by atoms with Gasteiger partial charge >= 0.3 is 0 Å². The van der Waals surface area contributed by atoms with Crippen LogP contribution in [-0.4, -0.2) is 4.98 Å². The second kappa shape index (κ2) is 2.05. The van der Waals surface area contributed by atoms with Crippen LogP contribution in [0.25, 0.3) is 10.9 Å². The van der Waals surface area contributed by atoms with E-state index < -0.39 is 11.6 Å². The molecule has 1 nitrogen and oxygen atoms in total. The van der Waals surface area contributed by atoms with Gasteiger partial charge in [-0.1, -0.05) is 0 Å². The van der Waals surface area contributed by atoms with E-state index in [1.54, 1.807) is 12.3 Å². The second-order valence-electron chi connectivity index (χ2n) is 2.23. The fraction of sp³-hybridized carbons (Fsp3) is 0. The van der Waals surface area contributed by atoms with Crippen molar-refractivity contribution < 1.29 is 8.78 Å². The molecule has 55 valence electrons. The first-order valence-corrected chi connectivity index (χ1v) is 3.12. The molecule has 2 aromatic rings. The summed E-state index contributed by atoms with van der Waals surface area (Å²) in [4.78, 5) is 2.64. The van der Waals surface area contributed by atoms with Crippen molar-refractivity contribution in [2.24, 2.45) is 0 Å². The maximum atomic E-state index is 12.8. The zero-order chi connectivity index (χ0) is 7.84. The van der Waals surface area contributed by atoms with Crippen LogP contribution in [0.15, 0.2) is 18.3 Å². The average molecular weight is 152 g/mol. The van der Waals surface area contributed by atoms with Gasteiger partial charge in [-0.15, -0.1) is 0 Å². The standard InChI is InChI=1S/C8H4F2N/c9-6-3-5-1-2-11-8(5)7(10)4-6/h1-2,4,11H. The smallest absolute Gasteiger partial charge is 0.150 e. The SMILES string of the molecule is Fc1[c]c2cc[nH]c2c(F)c1. The molecule has 0 atom stereocenters. The third-order valence-electron chi connectivity index (χ3n) is 1.49. The largest absolute Gasteiger partial charge is 0.359 e. The van der Waals surface area contributed by atoms with Gasteiger partial charge in [0.1, 0.15) is 11.6 Å². The molecule has 0 unspecified atom stereocenters. The maximum Gasteiger partial charge on any atom is 0.150 e. The average Bonchev–Trinajstić information content (AvgIpc) is 2.34. The normalized spacial score (nSPS) is 10.7. The van der Waals surface area contributed by atoms with Gasteiger partial charge in [-0.25, -0.2) is 8.78 Å². The van der Waals surface area contributed by atoms with Crippen molar-refractivity contribution in [3.63, 3.8) is 0 Å². The lowest BCUT2D eigenvalue weighted by molar-refractivity contribution is 0.589. The van der Waals surface area contributed by atoms with E-state index in [9.17, 15) is 8.78 Å². The Kier molecular flexibility index (Phi) is 1.18. The number of halogens is 2. The molecule has 0 fully saturated rings. The molecule has 2 rings (SSSR count). The number of aromatic amines is 1. The summed E-state index contributed by atoms with van der Waals surface area (Å²) in [6.45, 7) is 0. The van der Waals surface area contributed by atoms with Gasteiger partial charge in [-0.05, 0) is 6.07 Å². The Balaban J connectivity index is 2.91. The predicted molar refractivity (Wildman–Crippen MR) is 37.1 cm³/mol. The van der Waals surface area contributed by atoms with E-state index in [1.807, 2.05) is 0 Å². The van der Waals surface area contributed by atoms with E-state index in [0.29, 0.717) is 10.9 Å². The van der Waals surface area contributed by atoms with Gasteiger partial charge in [0, 0.05) is 23.7 Å². The summed E-state index contributed by atoms with van der Waals surface area (Å²) < 4.78 is 25.3. The van der Waals surface area contributed by atoms with Gasteiger partial charge in [-0.3, -0.25) is 0 Å². The molecule has 0 amide bonds. The summed E-state index contributed by atoms with van der Waals surface area (Å²) in [5, 5.41) is 0.433. The van der Waals surface area contributed by atoms with Crippen molar-refractivity contribution in [2.45, 2.75) is 0 Å². The summed E-state index contributed by atoms with van der Waals surface area (Å²) in [6, 6.07) is 4.75. The van der Waals surface area contributed by atoms with Crippen LogP contribution in [-0.2, 0) is 0 Å². The summed E-state index contributed by atoms with van der Waals surface area (Å²) >= 11 is 0. The maximum absolute atomic E-state index is 12.8. The Bertz CT molecular complexity index is 392. The minimum atomic E-state index is -0.672. The summed E-state index contributed by atoms with van der Waals surface area (Å²) in [5.41, 5.74) is 0.298. The molecule has 11 heavy (non-hydrogen) atoms. The van der Waals surface area contributed by atoms with Gasteiger partial charge in [-0.2, -0.15) is 0 Å². The predicted octanol–water partition coefficient (Wildman–Crippen LogP) is 2.25. The Hall–Kier alpha value is -1.38. The van der Waals surface area contributed by atoms with Gasteiger partial charge in [0.25, 0.3) is 0 Å². The van der Waals surface area contributed by atoms with Crippen LogP contribution in [0.5, 0.6) is 0 Å². The van der Waals surface area contributed by atoms with Crippen molar-refractivity contribution in [3.05, 3.63) is 36.0 Å². The van der Waals surface area contributed by atoms with Crippen molar-refractivity contribution in [2.75, 3.05) is 0 Å². The zero-order valence-electron chi connectivity index (χ0n) is 5.49. The molecule has 1 aromatic heterocycles. The van der Waals surface area contributed by atoms with E-state index in [4.69, 9.17) is 0 Å². The van der Waals surface area contributed by atoms with Gasteiger partial charge in [0.05, 0.1) is 5.52 Å². The van der Waals surface area contributed by atoms with Crippen LogP contribution in [0.4, 0.5) is 8.78 Å². The third-order valence-corrected chi connectivity index (χ3v) is 1.49. The van der Waals surface area contributed by atoms with Crippen molar-refractivity contribution in [1.82, 2.24) is 4.98 Å². The Morgan fingerprint density at radius 1 is 1.36 bits per heavy atom. The van der Waals surface area contributed by atoms with Crippen LogP contribution >= 0.6 is 0 Å². The molecule has 0 saturated carbocycles. The van der Waals surface area contributed by atoms with E-state index in [2.05, 4.69) is 11.1 Å². The van der Waals surface area contributed by atoms with Crippen LogP contribution in [0, 0.1) is 17.7 Å². The fourth-order valence-corrected chi connectivity index (χ4v) is 1.02. The molecular formula is C8H4F2N. The number of hydrogen-bond acceptors (Lipinski definition) is 0. The first-order chi connectivity index (χ1) is 5.27. The highest BCUT2D eigenvalue weighted by atomic mass is 19.1. The molecule has 0 aliphatic heterocycles. The Morgan fingerprint density at radius 2 is 2.18 bits per heavy atom. The minimum Gasteiger partial charge on any atom is -0.359 e. The summed E-state index contributed by atoms with van der Waals surface area (Å²) in [5.74, 6) is -1.25. The van der Waals surface area contributed by atoms with Gasteiger partial charge in [0.15, 0.2) is 0 Å². The molecule has 0 aliphatic carbocycles. The van der Waals surface area contributed by atoms with E-state index >= 15 is 0 Å². The molecular weight excluding hydrogens is 148 g/mol. The van der Waals surface area contributed by atoms with E-state index in [0.717, 1.165) is 6.07 Å². The van der Waals surface area contributed by atoms with Crippen LogP contribution in [0.3, 0.4) is 0 Å². The molecule has 1 aromatic carbocycles. The van der Waals surface area contributed by atoms with E-state index in [1.165, 1.54) is 0 Å². The highest BCUT2D eigenvalue weighted by molar-refractivity contribution is 5.79. The second-order valence-corrected chi connectivity index (χ2v) is 2.23. The number of hydrogen-bond donors (Lipinski definition) is 1. The number of aromatic nitrogens is 1. The Labute approximate surface area is 61.7 Å². The Morgan fingerprint density at radius 3 is 3.00 bits per heavy atom. The zero-order valence-corrected chi connectivity index (χ0v) is 5.49. The lowest BCUT2D eigenvalue weighted by Crippen LogP contribution is -1.80. The van der Waals surface area contributed by atoms with Gasteiger partial charge < -0.3 is 4.98 Å². The van der Waals surface area contributed by atoms with Crippen molar-refractivity contribution in [3.8, 4) is 0 Å². The molecule has 1 radical (unpaired) electrons. The fourth-order valence-electron chi connectivity index (χ4n) is 1.02. The van der Waals surface area contributed by atoms with Crippen molar-refractivity contribution >= 4 is 10.9 Å². The highest BCUT2D eigenvalue weighted by Gasteiger charge is 2.03. The minimum absolute atomic E-state index is 0.298. The molecule has 1 heterocycles. The van der Waals surface area contributed by atoms with Crippen LogP contribution < -0.4 is 0 Å². The molecule has 0 saturated heterocycles. The highest BCUT2D eigenvalue weighted by Crippen LogP contribution is 2.16. The van der Waals surface area contributed by atoms with E-state index in [-0.39, 0.29) is 0 Å². The molecule has 0 bridgehead atoms. The molecule has 0 spiro atoms. The summed E-state index contributed by atoms with van der Waals surface area (Å²) in [6.07, 6.45) is 1.55. The molecule has 1 N–H and O–H groups in total. The first-order valence-electron chi connectivity index (χ1n) is 3.12. The number of nitrogens with one attached hydrogen (secondary N) is 1. The number of H-pyrrole nitrogens is 1. The first kappa shape index (κ1) is 6.34. The quantitative estimate of drug-likeness (QED) is 0.595. The number of fused-ring (bicyclic) bond motifs is 1. The van der Waals surface area contributed by atoms with Crippen LogP contribution in [0.1, 0.15) is 0 Å². The molecule has 0 aliphatic rings. The van der Waals surface area contributed by atoms with Gasteiger partial charge in [0.2, 0.25) is 0 Å².